The van der Waals surface area contributed by atoms with Crippen LogP contribution in [0.4, 0.5) is 8.78 Å². The summed E-state index contributed by atoms with van der Waals surface area (Å²) in [6, 6.07) is 6.22. The molecule has 0 fully saturated rings. The second-order valence-corrected chi connectivity index (χ2v) is 3.53. The van der Waals surface area contributed by atoms with Gasteiger partial charge in [-0.05, 0) is 6.07 Å². The van der Waals surface area contributed by atoms with E-state index in [1.807, 2.05) is 0 Å². The summed E-state index contributed by atoms with van der Waals surface area (Å²) in [5.41, 5.74) is 5.42. The molecule has 0 aliphatic heterocycles. The normalized spacial score (nSPS) is 10.6. The van der Waals surface area contributed by atoms with Crippen molar-refractivity contribution >= 4 is 17.5 Å². The quantitative estimate of drug-likeness (QED) is 0.620. The average molecular weight is 217 g/mol. The van der Waals surface area contributed by atoms with Crippen molar-refractivity contribution in [3.63, 3.8) is 0 Å². The summed E-state index contributed by atoms with van der Waals surface area (Å²) in [4.78, 5) is 11.5. The fourth-order valence-electron chi connectivity index (χ4n) is 1.01. The molecule has 0 saturated heterocycles. The van der Waals surface area contributed by atoms with Gasteiger partial charge in [0.2, 0.25) is 0 Å². The van der Waals surface area contributed by atoms with E-state index >= 15 is 0 Å². The number of hydrogen-bond donors (Lipinski definition) is 1. The Balaban J connectivity index is 2.97. The fourth-order valence-corrected chi connectivity index (χ4v) is 1.66. The summed E-state index contributed by atoms with van der Waals surface area (Å²) in [5, 5.41) is 0. The van der Waals surface area contributed by atoms with Gasteiger partial charge in [0.25, 0.3) is 5.76 Å². The molecule has 1 aromatic carbocycles. The molecule has 0 atom stereocenters. The van der Waals surface area contributed by atoms with Crippen molar-refractivity contribution in [1.82, 2.24) is 0 Å². The lowest BCUT2D eigenvalue weighted by Gasteiger charge is -2.05. The van der Waals surface area contributed by atoms with Crippen LogP contribution in [-0.4, -0.2) is 18.1 Å². The molecule has 0 aliphatic carbocycles. The summed E-state index contributed by atoms with van der Waals surface area (Å²) in [6.07, 6.45) is 0. The van der Waals surface area contributed by atoms with Crippen LogP contribution in [0, 0.1) is 0 Å². The highest BCUT2D eigenvalue weighted by Crippen LogP contribution is 2.28. The minimum atomic E-state index is -2.53. The topological polar surface area (TPSA) is 43.1 Å². The third-order valence-corrected chi connectivity index (χ3v) is 2.38. The monoisotopic (exact) mass is 217 g/mol. The Morgan fingerprint density at radius 2 is 2.07 bits per heavy atom. The van der Waals surface area contributed by atoms with Crippen LogP contribution in [0.2, 0.25) is 0 Å². The second-order valence-electron chi connectivity index (χ2n) is 2.50. The smallest absolute Gasteiger partial charge is 0.288 e. The van der Waals surface area contributed by atoms with Gasteiger partial charge in [-0.25, -0.2) is 0 Å². The maximum absolute atomic E-state index is 12.1. The van der Waals surface area contributed by atoms with Crippen molar-refractivity contribution in [2.45, 2.75) is 10.7 Å². The molecule has 0 radical (unpaired) electrons. The summed E-state index contributed by atoms with van der Waals surface area (Å²) in [5.74, 6) is -2.85. The van der Waals surface area contributed by atoms with Gasteiger partial charge in [-0.15, -0.1) is 0 Å². The summed E-state index contributed by atoms with van der Waals surface area (Å²) < 4.78 is 24.2. The van der Waals surface area contributed by atoms with Crippen LogP contribution in [-0.2, 0) is 0 Å². The molecule has 0 heterocycles. The number of carbonyl (C=O) groups excluding carboxylic acids is 1. The Labute approximate surface area is 84.5 Å². The van der Waals surface area contributed by atoms with E-state index < -0.39 is 5.76 Å². The third kappa shape index (κ3) is 2.78. The van der Waals surface area contributed by atoms with Crippen molar-refractivity contribution < 1.29 is 13.6 Å². The third-order valence-electron chi connectivity index (χ3n) is 1.59. The van der Waals surface area contributed by atoms with Gasteiger partial charge in [-0.3, -0.25) is 4.79 Å². The SMILES string of the molecule is NCC(=O)c1ccccc1SC(F)F. The lowest BCUT2D eigenvalue weighted by atomic mass is 10.1. The van der Waals surface area contributed by atoms with Gasteiger partial charge < -0.3 is 5.73 Å². The highest BCUT2D eigenvalue weighted by Gasteiger charge is 2.13. The molecule has 0 unspecified atom stereocenters. The van der Waals surface area contributed by atoms with Crippen molar-refractivity contribution in [2.24, 2.45) is 5.73 Å². The number of ketones is 1. The Bertz CT molecular complexity index is 330. The van der Waals surface area contributed by atoms with Crippen LogP contribution in [0.25, 0.3) is 0 Å². The molecule has 0 bridgehead atoms. The average Bonchev–Trinajstić information content (AvgIpc) is 2.16. The van der Waals surface area contributed by atoms with Gasteiger partial charge in [0.15, 0.2) is 5.78 Å². The molecular formula is C9H9F2NOS. The van der Waals surface area contributed by atoms with E-state index in [0.717, 1.165) is 0 Å². The number of rotatable bonds is 4. The number of nitrogens with two attached hydrogens (primary N) is 1. The number of benzene rings is 1. The zero-order valence-electron chi connectivity index (χ0n) is 7.24. The van der Waals surface area contributed by atoms with Crippen LogP contribution in [0.1, 0.15) is 10.4 Å². The molecule has 1 rings (SSSR count). The van der Waals surface area contributed by atoms with E-state index in [1.165, 1.54) is 12.1 Å². The summed E-state index contributed by atoms with van der Waals surface area (Å²) >= 11 is 0.359. The lowest BCUT2D eigenvalue weighted by Crippen LogP contribution is -2.14. The predicted molar refractivity (Wildman–Crippen MR) is 51.7 cm³/mol. The van der Waals surface area contributed by atoms with E-state index in [-0.39, 0.29) is 22.8 Å². The van der Waals surface area contributed by atoms with Gasteiger partial charge in [0.1, 0.15) is 0 Å². The number of hydrogen-bond acceptors (Lipinski definition) is 3. The molecule has 14 heavy (non-hydrogen) atoms. The van der Waals surface area contributed by atoms with Crippen molar-refractivity contribution in [3.8, 4) is 0 Å². The maximum Gasteiger partial charge on any atom is 0.288 e. The van der Waals surface area contributed by atoms with Crippen molar-refractivity contribution in [2.75, 3.05) is 6.54 Å². The molecule has 0 aliphatic rings. The molecule has 0 amide bonds. The Morgan fingerprint density at radius 1 is 1.43 bits per heavy atom. The Hall–Kier alpha value is -0.940. The van der Waals surface area contributed by atoms with Crippen molar-refractivity contribution in [3.05, 3.63) is 29.8 Å². The second kappa shape index (κ2) is 5.07. The maximum atomic E-state index is 12.1. The Kier molecular flexibility index (Phi) is 4.03. The van der Waals surface area contributed by atoms with E-state index in [4.69, 9.17) is 5.73 Å². The van der Waals surface area contributed by atoms with Crippen LogP contribution < -0.4 is 5.73 Å². The molecule has 0 spiro atoms. The molecule has 2 nitrogen and oxygen atoms in total. The molecule has 5 heteroatoms. The van der Waals surface area contributed by atoms with E-state index in [9.17, 15) is 13.6 Å². The number of thioether (sulfide) groups is 1. The number of halogens is 2. The van der Waals surface area contributed by atoms with Crippen LogP contribution in [0.15, 0.2) is 29.2 Å². The lowest BCUT2D eigenvalue weighted by molar-refractivity contribution is 0.0998. The van der Waals surface area contributed by atoms with E-state index in [0.29, 0.717) is 11.8 Å². The van der Waals surface area contributed by atoms with Gasteiger partial charge in [0.05, 0.1) is 6.54 Å². The highest BCUT2D eigenvalue weighted by atomic mass is 32.2. The standard InChI is InChI=1S/C9H9F2NOS/c10-9(11)14-8-4-2-1-3-6(8)7(13)5-12/h1-4,9H,5,12H2. The minimum Gasteiger partial charge on any atom is -0.324 e. The minimum absolute atomic E-state index is 0.166. The first-order valence-corrected chi connectivity index (χ1v) is 4.80. The van der Waals surface area contributed by atoms with E-state index in [2.05, 4.69) is 0 Å². The molecule has 76 valence electrons. The first-order valence-electron chi connectivity index (χ1n) is 3.92. The fraction of sp³-hybridized carbons (Fsp3) is 0.222. The first kappa shape index (κ1) is 11.1. The molecular weight excluding hydrogens is 208 g/mol. The van der Waals surface area contributed by atoms with Gasteiger partial charge in [-0.2, -0.15) is 8.78 Å². The zero-order valence-corrected chi connectivity index (χ0v) is 8.06. The van der Waals surface area contributed by atoms with Gasteiger partial charge >= 0.3 is 0 Å². The van der Waals surface area contributed by atoms with E-state index in [1.54, 1.807) is 12.1 Å². The first-order chi connectivity index (χ1) is 6.65. The number of alkyl halides is 2. The molecule has 1 aromatic rings. The number of Topliss-reactive ketones (excluding diaryl/α,β-unsaturated/α-hetero) is 1. The van der Waals surface area contributed by atoms with Gasteiger partial charge in [0, 0.05) is 10.5 Å². The highest BCUT2D eigenvalue weighted by molar-refractivity contribution is 7.99. The molecule has 0 saturated carbocycles. The molecule has 2 N–H and O–H groups in total. The van der Waals surface area contributed by atoms with Crippen LogP contribution in [0.5, 0.6) is 0 Å². The summed E-state index contributed by atoms with van der Waals surface area (Å²) in [6.45, 7) is -0.166. The zero-order chi connectivity index (χ0) is 10.6. The number of carbonyl (C=O) groups is 1. The van der Waals surface area contributed by atoms with Crippen LogP contribution >= 0.6 is 11.8 Å². The predicted octanol–water partition coefficient (Wildman–Crippen LogP) is 2.14. The summed E-state index contributed by atoms with van der Waals surface area (Å²) in [7, 11) is 0. The molecule has 0 aromatic heterocycles. The van der Waals surface area contributed by atoms with Crippen molar-refractivity contribution in [1.29, 1.82) is 0 Å². The Morgan fingerprint density at radius 3 is 2.64 bits per heavy atom. The van der Waals surface area contributed by atoms with Gasteiger partial charge in [-0.1, -0.05) is 30.0 Å². The van der Waals surface area contributed by atoms with Crippen LogP contribution in [0.3, 0.4) is 0 Å². The largest absolute Gasteiger partial charge is 0.324 e.